The van der Waals surface area contributed by atoms with Crippen LogP contribution in [0.3, 0.4) is 0 Å². The van der Waals surface area contributed by atoms with Crippen LogP contribution in [0.1, 0.15) is 17.4 Å². The molecule has 8 N–H and O–H groups in total. The van der Waals surface area contributed by atoms with Gasteiger partial charge in [-0.3, -0.25) is 9.59 Å². The van der Waals surface area contributed by atoms with Gasteiger partial charge in [-0.15, -0.1) is 5.10 Å². The largest absolute Gasteiger partial charge is 0.402 e. The Bertz CT molecular complexity index is 1110. The number of nitrogens with two attached hydrogens (primary N) is 3. The van der Waals surface area contributed by atoms with Crippen LogP contribution < -0.4 is 27.8 Å². The van der Waals surface area contributed by atoms with Crippen molar-refractivity contribution >= 4 is 29.3 Å². The van der Waals surface area contributed by atoms with Crippen LogP contribution in [0.4, 0.5) is 15.9 Å². The van der Waals surface area contributed by atoms with Gasteiger partial charge in [0.2, 0.25) is 0 Å². The summed E-state index contributed by atoms with van der Waals surface area (Å²) in [7, 11) is 3.18. The molecule has 0 saturated heterocycles. The number of hydrogen-bond acceptors (Lipinski definition) is 9. The van der Waals surface area contributed by atoms with E-state index < -0.39 is 11.7 Å². The number of hydrogen-bond donors (Lipinski definition) is 5. The molecule has 0 aliphatic rings. The standard InChI is InChI=1S/C19H24FN9O2/c1-11(21)4-5-16(22)28(3)9-12(20)6-13(10-30)26-17-7-14(24-2)19-25-8-15(18(23)31)29(19)27-17/h4-10,24H,21-22H2,1-3H3,(H2,23,31)(H,26,27)/b11-4-,12-9+,13-6+,16-5+. The molecule has 1 amide bonds. The van der Waals surface area contributed by atoms with Crippen molar-refractivity contribution in [2.45, 2.75) is 6.92 Å². The molecule has 0 saturated carbocycles. The molecule has 0 aliphatic heterocycles. The summed E-state index contributed by atoms with van der Waals surface area (Å²) >= 11 is 0. The third kappa shape index (κ3) is 5.82. The van der Waals surface area contributed by atoms with Crippen LogP contribution in [0.15, 0.2) is 59.7 Å². The highest BCUT2D eigenvalue weighted by Gasteiger charge is 2.14. The zero-order chi connectivity index (χ0) is 23.1. The van der Waals surface area contributed by atoms with Crippen LogP contribution in [0.2, 0.25) is 0 Å². The van der Waals surface area contributed by atoms with Crippen molar-refractivity contribution in [3.05, 3.63) is 65.4 Å². The van der Waals surface area contributed by atoms with Gasteiger partial charge in [-0.2, -0.15) is 0 Å². The van der Waals surface area contributed by atoms with Gasteiger partial charge >= 0.3 is 0 Å². The number of aldehydes is 1. The Morgan fingerprint density at radius 3 is 2.58 bits per heavy atom. The molecular formula is C19H24FN9O2. The molecule has 0 spiro atoms. The van der Waals surface area contributed by atoms with E-state index >= 15 is 0 Å². The molecule has 0 aliphatic carbocycles. The number of imidazole rings is 1. The summed E-state index contributed by atoms with van der Waals surface area (Å²) in [6.07, 6.45) is 6.84. The van der Waals surface area contributed by atoms with E-state index in [0.29, 0.717) is 23.3 Å². The molecule has 2 aromatic heterocycles. The minimum absolute atomic E-state index is 0.0449. The average Bonchev–Trinajstić information content (AvgIpc) is 3.14. The highest BCUT2D eigenvalue weighted by Crippen LogP contribution is 2.21. The zero-order valence-electron chi connectivity index (χ0n) is 17.3. The molecule has 164 valence electrons. The summed E-state index contributed by atoms with van der Waals surface area (Å²) in [6.45, 7) is 1.69. The lowest BCUT2D eigenvalue weighted by atomic mass is 10.3. The number of rotatable bonds is 9. The number of allylic oxidation sites excluding steroid dienone is 6. The lowest BCUT2D eigenvalue weighted by Gasteiger charge is -2.14. The fourth-order valence-electron chi connectivity index (χ4n) is 2.41. The zero-order valence-corrected chi connectivity index (χ0v) is 17.3. The number of anilines is 2. The molecule has 11 nitrogen and oxygen atoms in total. The van der Waals surface area contributed by atoms with Gasteiger partial charge in [0.05, 0.1) is 17.6 Å². The summed E-state index contributed by atoms with van der Waals surface area (Å²) in [4.78, 5) is 28.4. The first-order valence-corrected chi connectivity index (χ1v) is 8.96. The van der Waals surface area contributed by atoms with Gasteiger partial charge in [0.1, 0.15) is 17.3 Å². The average molecular weight is 429 g/mol. The van der Waals surface area contributed by atoms with E-state index in [0.717, 1.165) is 12.3 Å². The number of fused-ring (bicyclic) bond motifs is 1. The Labute approximate surface area is 177 Å². The number of nitrogens with zero attached hydrogens (tertiary/aromatic N) is 4. The van der Waals surface area contributed by atoms with Gasteiger partial charge in [-0.25, -0.2) is 13.9 Å². The summed E-state index contributed by atoms with van der Waals surface area (Å²) in [5, 5.41) is 9.79. The normalized spacial score (nSPS) is 13.3. The second-order valence-electron chi connectivity index (χ2n) is 6.41. The van der Waals surface area contributed by atoms with E-state index in [2.05, 4.69) is 20.7 Å². The van der Waals surface area contributed by atoms with E-state index in [1.807, 2.05) is 0 Å². The van der Waals surface area contributed by atoms with Gasteiger partial charge < -0.3 is 32.7 Å². The number of carbonyl (C=O) groups excluding carboxylic acids is 2. The van der Waals surface area contributed by atoms with E-state index in [1.165, 1.54) is 28.7 Å². The maximum absolute atomic E-state index is 14.4. The van der Waals surface area contributed by atoms with Gasteiger partial charge in [0.15, 0.2) is 17.8 Å². The third-order valence-corrected chi connectivity index (χ3v) is 3.92. The second kappa shape index (κ2) is 9.91. The quantitative estimate of drug-likeness (QED) is 0.219. The summed E-state index contributed by atoms with van der Waals surface area (Å²) < 4.78 is 15.6. The summed E-state index contributed by atoms with van der Waals surface area (Å²) in [6, 6.07) is 1.54. The van der Waals surface area contributed by atoms with Crippen molar-refractivity contribution in [1.82, 2.24) is 19.5 Å². The molecule has 2 aromatic rings. The third-order valence-electron chi connectivity index (χ3n) is 3.92. The lowest BCUT2D eigenvalue weighted by molar-refractivity contribution is -0.104. The van der Waals surface area contributed by atoms with E-state index in [4.69, 9.17) is 17.2 Å². The van der Waals surface area contributed by atoms with Gasteiger partial charge in [-0.1, -0.05) is 0 Å². The Balaban J connectivity index is 2.34. The van der Waals surface area contributed by atoms with Crippen molar-refractivity contribution in [2.24, 2.45) is 17.2 Å². The van der Waals surface area contributed by atoms with Crippen LogP contribution >= 0.6 is 0 Å². The molecule has 0 bridgehead atoms. The highest BCUT2D eigenvalue weighted by atomic mass is 19.1. The maximum atomic E-state index is 14.4. The number of aromatic nitrogens is 3. The topological polar surface area (TPSA) is 170 Å². The predicted molar refractivity (Wildman–Crippen MR) is 116 cm³/mol. The molecule has 0 atom stereocenters. The highest BCUT2D eigenvalue weighted by molar-refractivity contribution is 5.92. The lowest BCUT2D eigenvalue weighted by Crippen LogP contribution is -2.18. The smallest absolute Gasteiger partial charge is 0.269 e. The van der Waals surface area contributed by atoms with E-state index in [-0.39, 0.29) is 23.0 Å². The first-order valence-electron chi connectivity index (χ1n) is 8.96. The molecule has 0 unspecified atom stereocenters. The van der Waals surface area contributed by atoms with Crippen molar-refractivity contribution in [3.63, 3.8) is 0 Å². The van der Waals surface area contributed by atoms with E-state index in [9.17, 15) is 14.0 Å². The van der Waals surface area contributed by atoms with Crippen molar-refractivity contribution < 1.29 is 14.0 Å². The number of amides is 1. The van der Waals surface area contributed by atoms with E-state index in [1.54, 1.807) is 26.1 Å². The Hall–Kier alpha value is -4.35. The molecule has 12 heteroatoms. The van der Waals surface area contributed by atoms with Gasteiger partial charge in [-0.05, 0) is 19.1 Å². The molecule has 0 radical (unpaired) electrons. The minimum Gasteiger partial charge on any atom is -0.402 e. The molecule has 0 fully saturated rings. The molecular weight excluding hydrogens is 405 g/mol. The van der Waals surface area contributed by atoms with Crippen LogP contribution in [0, 0.1) is 0 Å². The van der Waals surface area contributed by atoms with Crippen LogP contribution in [0.5, 0.6) is 0 Å². The van der Waals surface area contributed by atoms with Gasteiger partial charge in [0, 0.05) is 38.1 Å². The first kappa shape index (κ1) is 22.9. The predicted octanol–water partition coefficient (Wildman–Crippen LogP) is 0.770. The number of primary amides is 1. The fraction of sp³-hybridized carbons (Fsp3) is 0.158. The molecule has 31 heavy (non-hydrogen) atoms. The van der Waals surface area contributed by atoms with Crippen molar-refractivity contribution in [1.29, 1.82) is 0 Å². The Kier molecular flexibility index (Phi) is 7.33. The summed E-state index contributed by atoms with van der Waals surface area (Å²) in [5.74, 6) is -1.09. The number of carbonyl (C=O) groups is 2. The minimum atomic E-state index is -0.753. The van der Waals surface area contributed by atoms with Gasteiger partial charge in [0.25, 0.3) is 5.91 Å². The van der Waals surface area contributed by atoms with Crippen molar-refractivity contribution in [3.8, 4) is 0 Å². The summed E-state index contributed by atoms with van der Waals surface area (Å²) in [5.41, 5.74) is 18.0. The molecule has 2 heterocycles. The van der Waals surface area contributed by atoms with Crippen LogP contribution in [0.25, 0.3) is 5.65 Å². The Morgan fingerprint density at radius 1 is 1.29 bits per heavy atom. The number of nitrogens with one attached hydrogen (secondary N) is 2. The van der Waals surface area contributed by atoms with Crippen LogP contribution in [-0.2, 0) is 4.79 Å². The molecule has 2 rings (SSSR count). The first-order chi connectivity index (χ1) is 14.7. The van der Waals surface area contributed by atoms with Crippen LogP contribution in [-0.4, -0.2) is 45.8 Å². The fourth-order valence-corrected chi connectivity index (χ4v) is 2.41. The monoisotopic (exact) mass is 429 g/mol. The maximum Gasteiger partial charge on any atom is 0.269 e. The Morgan fingerprint density at radius 2 is 2.00 bits per heavy atom. The SMILES string of the molecule is CNc1cc(N/C(C=O)=C/C(F)=C\N(C)/C(N)=C/C=C(/C)N)nn2c(C(N)=O)cnc12. The second-order valence-corrected chi connectivity index (χ2v) is 6.41. The molecule has 0 aromatic carbocycles. The number of halogens is 1. The van der Waals surface area contributed by atoms with Crippen molar-refractivity contribution in [2.75, 3.05) is 24.7 Å².